The van der Waals surface area contributed by atoms with Crippen molar-refractivity contribution in [3.05, 3.63) is 35.5 Å². The van der Waals surface area contributed by atoms with Gasteiger partial charge in [-0.2, -0.15) is 4.98 Å². The summed E-state index contributed by atoms with van der Waals surface area (Å²) in [5, 5.41) is 3.89. The topological polar surface area (TPSA) is 83.4 Å². The number of nitrogens with two attached hydrogens (primary N) is 1. The minimum atomic E-state index is -0.258. The zero-order chi connectivity index (χ0) is 13.8. The molecule has 0 unspecified atom stereocenters. The summed E-state index contributed by atoms with van der Waals surface area (Å²) < 4.78 is 15.5. The molecule has 1 atom stereocenters. The average Bonchev–Trinajstić information content (AvgIpc) is 2.87. The predicted octanol–water partition coefficient (Wildman–Crippen LogP) is 2.12. The number of rotatable bonds is 5. The van der Waals surface area contributed by atoms with Crippen LogP contribution in [0.25, 0.3) is 0 Å². The van der Waals surface area contributed by atoms with Crippen molar-refractivity contribution in [2.24, 2.45) is 5.73 Å². The summed E-state index contributed by atoms with van der Waals surface area (Å²) in [5.74, 6) is 2.40. The highest BCUT2D eigenvalue weighted by molar-refractivity contribution is 5.85. The minimum Gasteiger partial charge on any atom is -0.493 e. The molecule has 0 radical (unpaired) electrons. The third-order valence-electron chi connectivity index (χ3n) is 2.68. The first-order chi connectivity index (χ1) is 9.13. The SMILES string of the molecule is COc1ccc(Cc2noc([C@H](C)N)n2)cc1OC.Cl. The van der Waals surface area contributed by atoms with Crippen LogP contribution in [-0.2, 0) is 6.42 Å². The van der Waals surface area contributed by atoms with E-state index < -0.39 is 0 Å². The standard InChI is InChI=1S/C13H17N3O3.ClH/c1-8(14)13-15-12(16-19-13)7-9-4-5-10(17-2)11(6-9)18-3;/h4-6,8H,7,14H2,1-3H3;1H/t8-;/m0./s1. The van der Waals surface area contributed by atoms with Crippen LogP contribution in [-0.4, -0.2) is 24.4 Å². The van der Waals surface area contributed by atoms with Crippen LogP contribution < -0.4 is 15.2 Å². The van der Waals surface area contributed by atoms with Gasteiger partial charge in [0, 0.05) is 6.42 Å². The first-order valence-corrected chi connectivity index (χ1v) is 5.93. The second-order valence-electron chi connectivity index (χ2n) is 4.20. The molecule has 1 heterocycles. The van der Waals surface area contributed by atoms with Gasteiger partial charge in [-0.05, 0) is 24.6 Å². The normalized spacial score (nSPS) is 11.6. The molecule has 20 heavy (non-hydrogen) atoms. The largest absolute Gasteiger partial charge is 0.493 e. The van der Waals surface area contributed by atoms with Gasteiger partial charge in [-0.1, -0.05) is 11.2 Å². The van der Waals surface area contributed by atoms with Gasteiger partial charge < -0.3 is 19.7 Å². The Balaban J connectivity index is 0.00000200. The molecule has 2 N–H and O–H groups in total. The zero-order valence-electron chi connectivity index (χ0n) is 11.6. The number of aromatic nitrogens is 2. The Kier molecular flexibility index (Phi) is 5.79. The summed E-state index contributed by atoms with van der Waals surface area (Å²) in [6.45, 7) is 1.80. The fourth-order valence-electron chi connectivity index (χ4n) is 1.70. The number of methoxy groups -OCH3 is 2. The van der Waals surface area contributed by atoms with E-state index in [0.29, 0.717) is 29.6 Å². The van der Waals surface area contributed by atoms with E-state index in [1.807, 2.05) is 18.2 Å². The number of benzene rings is 1. The molecule has 0 spiro atoms. The van der Waals surface area contributed by atoms with Gasteiger partial charge in [0.1, 0.15) is 0 Å². The van der Waals surface area contributed by atoms with Crippen LogP contribution in [0.4, 0.5) is 0 Å². The van der Waals surface area contributed by atoms with E-state index in [1.165, 1.54) is 0 Å². The lowest BCUT2D eigenvalue weighted by Crippen LogP contribution is -2.05. The van der Waals surface area contributed by atoms with Crippen molar-refractivity contribution in [1.82, 2.24) is 10.1 Å². The van der Waals surface area contributed by atoms with E-state index in [4.69, 9.17) is 19.7 Å². The molecule has 0 amide bonds. The Labute approximate surface area is 123 Å². The van der Waals surface area contributed by atoms with Crippen LogP contribution in [0.2, 0.25) is 0 Å². The average molecular weight is 300 g/mol. The van der Waals surface area contributed by atoms with Crippen molar-refractivity contribution in [3.63, 3.8) is 0 Å². The molecule has 7 heteroatoms. The lowest BCUT2D eigenvalue weighted by atomic mass is 10.1. The molecule has 1 aromatic carbocycles. The molecule has 6 nitrogen and oxygen atoms in total. The lowest BCUT2D eigenvalue weighted by Gasteiger charge is -2.08. The third kappa shape index (κ3) is 3.61. The number of nitrogens with zero attached hydrogens (tertiary/aromatic N) is 2. The van der Waals surface area contributed by atoms with Crippen molar-refractivity contribution in [3.8, 4) is 11.5 Å². The molecule has 0 bridgehead atoms. The maximum atomic E-state index is 5.67. The Morgan fingerprint density at radius 3 is 2.50 bits per heavy atom. The Hall–Kier alpha value is -1.79. The fourth-order valence-corrected chi connectivity index (χ4v) is 1.70. The number of hydrogen-bond donors (Lipinski definition) is 1. The highest BCUT2D eigenvalue weighted by Gasteiger charge is 2.12. The van der Waals surface area contributed by atoms with Gasteiger partial charge in [0.15, 0.2) is 17.3 Å². The van der Waals surface area contributed by atoms with Gasteiger partial charge in [-0.15, -0.1) is 12.4 Å². The van der Waals surface area contributed by atoms with Crippen LogP contribution in [0, 0.1) is 0 Å². The number of ether oxygens (including phenoxy) is 2. The first kappa shape index (κ1) is 16.3. The molecule has 2 aromatic rings. The number of hydrogen-bond acceptors (Lipinski definition) is 6. The zero-order valence-corrected chi connectivity index (χ0v) is 12.4. The monoisotopic (exact) mass is 299 g/mol. The van der Waals surface area contributed by atoms with E-state index in [0.717, 1.165) is 5.56 Å². The summed E-state index contributed by atoms with van der Waals surface area (Å²) in [4.78, 5) is 4.23. The predicted molar refractivity (Wildman–Crippen MR) is 76.5 cm³/mol. The summed E-state index contributed by atoms with van der Waals surface area (Å²) in [7, 11) is 3.20. The van der Waals surface area contributed by atoms with E-state index >= 15 is 0 Å². The second-order valence-corrected chi connectivity index (χ2v) is 4.20. The van der Waals surface area contributed by atoms with Gasteiger partial charge in [0.05, 0.1) is 20.3 Å². The summed E-state index contributed by atoms with van der Waals surface area (Å²) in [5.41, 5.74) is 6.68. The quantitative estimate of drug-likeness (QED) is 0.910. The summed E-state index contributed by atoms with van der Waals surface area (Å²) in [6, 6.07) is 5.41. The Bertz CT molecular complexity index is 558. The smallest absolute Gasteiger partial charge is 0.243 e. The lowest BCUT2D eigenvalue weighted by molar-refractivity contribution is 0.354. The van der Waals surface area contributed by atoms with Gasteiger partial charge >= 0.3 is 0 Å². The maximum absolute atomic E-state index is 5.67. The van der Waals surface area contributed by atoms with Crippen LogP contribution in [0.5, 0.6) is 11.5 Å². The Morgan fingerprint density at radius 1 is 1.25 bits per heavy atom. The van der Waals surface area contributed by atoms with Crippen LogP contribution in [0.1, 0.15) is 30.2 Å². The first-order valence-electron chi connectivity index (χ1n) is 5.93. The molecule has 0 saturated heterocycles. The van der Waals surface area contributed by atoms with Gasteiger partial charge in [-0.25, -0.2) is 0 Å². The fraction of sp³-hybridized carbons (Fsp3) is 0.385. The highest BCUT2D eigenvalue weighted by Crippen LogP contribution is 2.28. The van der Waals surface area contributed by atoms with E-state index in [1.54, 1.807) is 21.1 Å². The molecule has 0 aliphatic heterocycles. The van der Waals surface area contributed by atoms with Crippen molar-refractivity contribution in [2.75, 3.05) is 14.2 Å². The van der Waals surface area contributed by atoms with E-state index in [2.05, 4.69) is 10.1 Å². The highest BCUT2D eigenvalue weighted by atomic mass is 35.5. The molecule has 0 aliphatic rings. The molecule has 1 aromatic heterocycles. The van der Waals surface area contributed by atoms with Crippen LogP contribution in [0.15, 0.2) is 22.7 Å². The van der Waals surface area contributed by atoms with E-state index in [-0.39, 0.29) is 18.4 Å². The maximum Gasteiger partial charge on any atom is 0.243 e. The molecule has 0 aliphatic carbocycles. The second kappa shape index (κ2) is 7.12. The molecule has 0 saturated carbocycles. The third-order valence-corrected chi connectivity index (χ3v) is 2.68. The van der Waals surface area contributed by atoms with Crippen LogP contribution in [0.3, 0.4) is 0 Å². The number of halogens is 1. The van der Waals surface area contributed by atoms with Gasteiger partial charge in [0.2, 0.25) is 5.89 Å². The molecular weight excluding hydrogens is 282 g/mol. The molecule has 2 rings (SSSR count). The Morgan fingerprint density at radius 2 is 1.95 bits per heavy atom. The van der Waals surface area contributed by atoms with Crippen LogP contribution >= 0.6 is 12.4 Å². The summed E-state index contributed by atoms with van der Waals surface area (Å²) in [6.07, 6.45) is 0.552. The van der Waals surface area contributed by atoms with Gasteiger partial charge in [-0.3, -0.25) is 0 Å². The van der Waals surface area contributed by atoms with Crippen molar-refractivity contribution in [2.45, 2.75) is 19.4 Å². The molecule has 0 fully saturated rings. The summed E-state index contributed by atoms with van der Waals surface area (Å²) >= 11 is 0. The van der Waals surface area contributed by atoms with Gasteiger partial charge in [0.25, 0.3) is 0 Å². The van der Waals surface area contributed by atoms with Crippen molar-refractivity contribution >= 4 is 12.4 Å². The molecule has 110 valence electrons. The van der Waals surface area contributed by atoms with Crippen molar-refractivity contribution < 1.29 is 14.0 Å². The van der Waals surface area contributed by atoms with Crippen molar-refractivity contribution in [1.29, 1.82) is 0 Å². The minimum absolute atomic E-state index is 0. The molecular formula is C13H18ClN3O3. The van der Waals surface area contributed by atoms with E-state index in [9.17, 15) is 0 Å².